The molecule has 0 saturated heterocycles. The van der Waals surface area contributed by atoms with Crippen LogP contribution in [0.3, 0.4) is 0 Å². The highest BCUT2D eigenvalue weighted by atomic mass is 35.5. The predicted octanol–water partition coefficient (Wildman–Crippen LogP) is 4.56. The number of hydrogen-bond acceptors (Lipinski definition) is 3. The van der Waals surface area contributed by atoms with Crippen molar-refractivity contribution in [1.82, 2.24) is 9.78 Å². The molecule has 3 aromatic rings. The van der Waals surface area contributed by atoms with Gasteiger partial charge < -0.3 is 10.1 Å². The summed E-state index contributed by atoms with van der Waals surface area (Å²) in [6.45, 7) is 0.226. The van der Waals surface area contributed by atoms with Crippen molar-refractivity contribution in [3.8, 4) is 5.75 Å². The Morgan fingerprint density at radius 2 is 2.00 bits per heavy atom. The van der Waals surface area contributed by atoms with Crippen LogP contribution in [0.5, 0.6) is 5.75 Å². The van der Waals surface area contributed by atoms with Crippen molar-refractivity contribution in [3.05, 3.63) is 75.9 Å². The lowest BCUT2D eigenvalue weighted by molar-refractivity contribution is 0.102. The van der Waals surface area contributed by atoms with Gasteiger partial charge in [0.15, 0.2) is 5.82 Å². The number of aryl methyl sites for hydroxylation is 1. The third-order valence-electron chi connectivity index (χ3n) is 3.49. The monoisotopic (exact) mass is 375 g/mol. The van der Waals surface area contributed by atoms with Gasteiger partial charge in [0.2, 0.25) is 0 Å². The lowest BCUT2D eigenvalue weighted by atomic mass is 10.2. The highest BCUT2D eigenvalue weighted by molar-refractivity contribution is 6.35. The first kappa shape index (κ1) is 17.3. The Morgan fingerprint density at radius 3 is 2.72 bits per heavy atom. The van der Waals surface area contributed by atoms with Crippen molar-refractivity contribution in [2.24, 2.45) is 7.05 Å². The maximum atomic E-state index is 12.5. The summed E-state index contributed by atoms with van der Waals surface area (Å²) in [5.74, 6) is 0.640. The zero-order chi connectivity index (χ0) is 17.8. The second kappa shape index (κ2) is 7.59. The summed E-state index contributed by atoms with van der Waals surface area (Å²) < 4.78 is 7.41. The zero-order valence-corrected chi connectivity index (χ0v) is 14.9. The Hall–Kier alpha value is -2.50. The van der Waals surface area contributed by atoms with Gasteiger partial charge in [-0.3, -0.25) is 9.48 Å². The van der Waals surface area contributed by atoms with Crippen molar-refractivity contribution in [1.29, 1.82) is 0 Å². The molecule has 1 amide bonds. The number of benzene rings is 2. The molecule has 0 saturated carbocycles. The minimum absolute atomic E-state index is 0.226. The van der Waals surface area contributed by atoms with E-state index in [2.05, 4.69) is 10.4 Å². The number of carbonyl (C=O) groups excluding carboxylic acids is 1. The summed E-state index contributed by atoms with van der Waals surface area (Å²) in [6.07, 6.45) is 1.75. The van der Waals surface area contributed by atoms with Crippen molar-refractivity contribution < 1.29 is 9.53 Å². The lowest BCUT2D eigenvalue weighted by Crippen LogP contribution is -2.14. The van der Waals surface area contributed by atoms with E-state index in [4.69, 9.17) is 27.9 Å². The molecule has 1 aromatic heterocycles. The number of nitrogens with zero attached hydrogens (tertiary/aromatic N) is 2. The molecule has 0 fully saturated rings. The zero-order valence-electron chi connectivity index (χ0n) is 13.4. The Kier molecular flexibility index (Phi) is 5.26. The smallest absolute Gasteiger partial charge is 0.260 e. The summed E-state index contributed by atoms with van der Waals surface area (Å²) in [7, 11) is 1.78. The summed E-state index contributed by atoms with van der Waals surface area (Å²) >= 11 is 12.0. The van der Waals surface area contributed by atoms with Gasteiger partial charge in [-0.15, -0.1) is 0 Å². The third kappa shape index (κ3) is 4.32. The van der Waals surface area contributed by atoms with E-state index in [1.807, 2.05) is 0 Å². The summed E-state index contributed by atoms with van der Waals surface area (Å²) in [4.78, 5) is 12.5. The highest BCUT2D eigenvalue weighted by Crippen LogP contribution is 2.25. The first-order valence-corrected chi connectivity index (χ1v) is 8.25. The number of ether oxygens (including phenoxy) is 1. The number of aromatic nitrogens is 2. The van der Waals surface area contributed by atoms with E-state index in [9.17, 15) is 4.79 Å². The fraction of sp³-hybridized carbons (Fsp3) is 0.111. The molecule has 7 heteroatoms. The number of amides is 1. The number of nitrogens with one attached hydrogen (secondary N) is 1. The maximum absolute atomic E-state index is 12.5. The van der Waals surface area contributed by atoms with Crippen LogP contribution in [0.1, 0.15) is 15.9 Å². The summed E-state index contributed by atoms with van der Waals surface area (Å²) in [6, 6.07) is 13.9. The van der Waals surface area contributed by atoms with Crippen LogP contribution < -0.4 is 10.1 Å². The number of anilines is 1. The number of halogens is 2. The van der Waals surface area contributed by atoms with Gasteiger partial charge in [0.1, 0.15) is 12.4 Å². The van der Waals surface area contributed by atoms with Crippen molar-refractivity contribution >= 4 is 34.9 Å². The van der Waals surface area contributed by atoms with Crippen LogP contribution in [-0.4, -0.2) is 15.7 Å². The molecule has 25 heavy (non-hydrogen) atoms. The van der Waals surface area contributed by atoms with Gasteiger partial charge in [-0.2, -0.15) is 5.10 Å². The molecule has 128 valence electrons. The molecular weight excluding hydrogens is 361 g/mol. The van der Waals surface area contributed by atoms with Gasteiger partial charge in [-0.25, -0.2) is 0 Å². The van der Waals surface area contributed by atoms with E-state index < -0.39 is 0 Å². The fourth-order valence-electron chi connectivity index (χ4n) is 2.24. The van der Waals surface area contributed by atoms with Crippen molar-refractivity contribution in [2.75, 3.05) is 5.32 Å². The van der Waals surface area contributed by atoms with E-state index in [0.717, 1.165) is 5.56 Å². The molecule has 0 aliphatic heterocycles. The van der Waals surface area contributed by atoms with Crippen LogP contribution in [0.2, 0.25) is 10.0 Å². The molecule has 1 heterocycles. The van der Waals surface area contributed by atoms with Crippen LogP contribution in [0.25, 0.3) is 0 Å². The van der Waals surface area contributed by atoms with Gasteiger partial charge >= 0.3 is 0 Å². The summed E-state index contributed by atoms with van der Waals surface area (Å²) in [5.41, 5.74) is 1.20. The largest absolute Gasteiger partial charge is 0.488 e. The number of rotatable bonds is 5. The quantitative estimate of drug-likeness (QED) is 0.710. The molecular formula is C18H15Cl2N3O2. The van der Waals surface area contributed by atoms with Crippen LogP contribution in [-0.2, 0) is 13.7 Å². The normalized spacial score (nSPS) is 10.5. The third-order valence-corrected chi connectivity index (χ3v) is 4.07. The number of para-hydroxylation sites is 1. The van der Waals surface area contributed by atoms with Crippen LogP contribution in [0.4, 0.5) is 5.82 Å². The van der Waals surface area contributed by atoms with Crippen molar-refractivity contribution in [2.45, 2.75) is 6.61 Å². The topological polar surface area (TPSA) is 56.2 Å². The second-order valence-corrected chi connectivity index (χ2v) is 6.19. The van der Waals surface area contributed by atoms with Gasteiger partial charge in [0.05, 0.1) is 5.56 Å². The molecule has 2 aromatic carbocycles. The average Bonchev–Trinajstić information content (AvgIpc) is 2.99. The molecule has 1 N–H and O–H groups in total. The molecule has 3 rings (SSSR count). The molecule has 0 aliphatic rings. The average molecular weight is 376 g/mol. The Morgan fingerprint density at radius 1 is 1.20 bits per heavy atom. The minimum atomic E-state index is -0.295. The van der Waals surface area contributed by atoms with Crippen molar-refractivity contribution in [3.63, 3.8) is 0 Å². The van der Waals surface area contributed by atoms with Crippen LogP contribution >= 0.6 is 23.2 Å². The standard InChI is InChI=1S/C18H15Cl2N3O2/c1-23-9-8-17(22-23)21-18(24)14-4-2-3-5-16(14)25-11-12-6-7-13(19)10-15(12)20/h2-10H,11H2,1H3,(H,21,22,24). The Balaban J connectivity index is 1.75. The van der Waals surface area contributed by atoms with Crippen LogP contribution in [0.15, 0.2) is 54.7 Å². The van der Waals surface area contributed by atoms with Gasteiger partial charge in [-0.1, -0.05) is 41.4 Å². The SMILES string of the molecule is Cn1ccc(NC(=O)c2ccccc2OCc2ccc(Cl)cc2Cl)n1. The van der Waals surface area contributed by atoms with E-state index >= 15 is 0 Å². The van der Waals surface area contributed by atoms with Crippen LogP contribution in [0, 0.1) is 0 Å². The molecule has 0 spiro atoms. The molecule has 0 aliphatic carbocycles. The molecule has 5 nitrogen and oxygen atoms in total. The van der Waals surface area contributed by atoms with E-state index in [1.165, 1.54) is 0 Å². The van der Waals surface area contributed by atoms with E-state index in [-0.39, 0.29) is 12.5 Å². The van der Waals surface area contributed by atoms with Gasteiger partial charge in [0.25, 0.3) is 5.91 Å². The summed E-state index contributed by atoms with van der Waals surface area (Å²) in [5, 5.41) is 7.95. The first-order chi connectivity index (χ1) is 12.0. The fourth-order valence-corrected chi connectivity index (χ4v) is 2.70. The first-order valence-electron chi connectivity index (χ1n) is 7.49. The highest BCUT2D eigenvalue weighted by Gasteiger charge is 2.14. The molecule has 0 atom stereocenters. The molecule has 0 radical (unpaired) electrons. The Bertz CT molecular complexity index is 909. The Labute approximate surface area is 155 Å². The van der Waals surface area contributed by atoms with Gasteiger partial charge in [-0.05, 0) is 24.3 Å². The van der Waals surface area contributed by atoms with E-state index in [1.54, 1.807) is 66.5 Å². The van der Waals surface area contributed by atoms with Gasteiger partial charge in [0, 0.05) is 34.9 Å². The lowest BCUT2D eigenvalue weighted by Gasteiger charge is -2.12. The second-order valence-electron chi connectivity index (χ2n) is 5.35. The molecule has 0 unspecified atom stereocenters. The predicted molar refractivity (Wildman–Crippen MR) is 98.4 cm³/mol. The number of carbonyl (C=O) groups is 1. The molecule has 0 bridgehead atoms. The number of hydrogen-bond donors (Lipinski definition) is 1. The minimum Gasteiger partial charge on any atom is -0.488 e. The van der Waals surface area contributed by atoms with E-state index in [0.29, 0.717) is 27.2 Å². The maximum Gasteiger partial charge on any atom is 0.260 e.